The first-order valence-electron chi connectivity index (χ1n) is 6.55. The minimum Gasteiger partial charge on any atom is -0.461 e. The topological polar surface area (TPSA) is 26.3 Å². The van der Waals surface area contributed by atoms with Crippen molar-refractivity contribution < 1.29 is 9.53 Å². The first kappa shape index (κ1) is 12.9. The van der Waals surface area contributed by atoms with Gasteiger partial charge in [0.2, 0.25) is 0 Å². The Hall–Kier alpha value is -1.57. The molecule has 2 rings (SSSR count). The second-order valence-corrected chi connectivity index (χ2v) is 5.12. The average molecular weight is 244 g/mol. The smallest absolute Gasteiger partial charge is 0.310 e. The largest absolute Gasteiger partial charge is 0.461 e. The van der Waals surface area contributed by atoms with Crippen LogP contribution in [0.3, 0.4) is 0 Å². The van der Waals surface area contributed by atoms with E-state index < -0.39 is 0 Å². The van der Waals surface area contributed by atoms with E-state index in [0.29, 0.717) is 12.5 Å². The van der Waals surface area contributed by atoms with Crippen molar-refractivity contribution in [1.29, 1.82) is 0 Å². The lowest BCUT2D eigenvalue weighted by Gasteiger charge is -2.28. The number of rotatable bonds is 3. The van der Waals surface area contributed by atoms with Gasteiger partial charge in [0.1, 0.15) is 6.61 Å². The molecule has 0 heterocycles. The SMILES string of the molecule is C[C@H]1C=CC[C@H](C)[C@H]1C(=O)OCc1ccccc1. The van der Waals surface area contributed by atoms with E-state index in [1.54, 1.807) is 0 Å². The first-order valence-corrected chi connectivity index (χ1v) is 6.55. The van der Waals surface area contributed by atoms with Crippen molar-refractivity contribution in [1.82, 2.24) is 0 Å². The lowest BCUT2D eigenvalue weighted by Crippen LogP contribution is -2.31. The van der Waals surface area contributed by atoms with Crippen LogP contribution in [0.5, 0.6) is 0 Å². The van der Waals surface area contributed by atoms with Crippen molar-refractivity contribution in [3.05, 3.63) is 48.0 Å². The summed E-state index contributed by atoms with van der Waals surface area (Å²) >= 11 is 0. The van der Waals surface area contributed by atoms with Crippen LogP contribution in [0.25, 0.3) is 0 Å². The van der Waals surface area contributed by atoms with Gasteiger partial charge in [-0.1, -0.05) is 56.3 Å². The molecule has 0 N–H and O–H groups in total. The molecule has 0 aliphatic heterocycles. The lowest BCUT2D eigenvalue weighted by atomic mass is 9.78. The highest BCUT2D eigenvalue weighted by Crippen LogP contribution is 2.31. The Morgan fingerprint density at radius 2 is 2.00 bits per heavy atom. The molecule has 1 aliphatic rings. The van der Waals surface area contributed by atoms with Crippen molar-refractivity contribution in [2.45, 2.75) is 26.9 Å². The molecule has 0 radical (unpaired) electrons. The second kappa shape index (κ2) is 5.85. The Balaban J connectivity index is 1.94. The number of carbonyl (C=O) groups excluding carboxylic acids is 1. The molecule has 96 valence electrons. The van der Waals surface area contributed by atoms with E-state index in [0.717, 1.165) is 12.0 Å². The fraction of sp³-hybridized carbons (Fsp3) is 0.438. The molecule has 0 bridgehead atoms. The lowest BCUT2D eigenvalue weighted by molar-refractivity contribution is -0.153. The summed E-state index contributed by atoms with van der Waals surface area (Å²) in [6.45, 7) is 4.58. The highest BCUT2D eigenvalue weighted by Gasteiger charge is 2.32. The Morgan fingerprint density at radius 1 is 1.28 bits per heavy atom. The summed E-state index contributed by atoms with van der Waals surface area (Å²) < 4.78 is 5.44. The van der Waals surface area contributed by atoms with E-state index >= 15 is 0 Å². The van der Waals surface area contributed by atoms with Gasteiger partial charge >= 0.3 is 5.97 Å². The third-order valence-corrected chi connectivity index (χ3v) is 3.62. The van der Waals surface area contributed by atoms with Crippen molar-refractivity contribution in [2.24, 2.45) is 17.8 Å². The van der Waals surface area contributed by atoms with Crippen molar-refractivity contribution >= 4 is 5.97 Å². The standard InChI is InChI=1S/C16H20O2/c1-12-7-6-8-13(2)15(12)16(17)18-11-14-9-4-3-5-10-14/h3-7,9-10,12-13,15H,8,11H2,1-2H3/t12-,13-,15-/m0/s1. The summed E-state index contributed by atoms with van der Waals surface area (Å²) in [5.74, 6) is 0.576. The van der Waals surface area contributed by atoms with E-state index in [2.05, 4.69) is 26.0 Å². The van der Waals surface area contributed by atoms with Gasteiger partial charge < -0.3 is 4.74 Å². The zero-order valence-corrected chi connectivity index (χ0v) is 11.0. The third-order valence-electron chi connectivity index (χ3n) is 3.62. The average Bonchev–Trinajstić information content (AvgIpc) is 2.37. The summed E-state index contributed by atoms with van der Waals surface area (Å²) in [7, 11) is 0. The Labute approximate surface area is 109 Å². The quantitative estimate of drug-likeness (QED) is 0.600. The Kier molecular flexibility index (Phi) is 4.19. The molecule has 0 aromatic heterocycles. The number of hydrogen-bond donors (Lipinski definition) is 0. The number of hydrogen-bond acceptors (Lipinski definition) is 2. The molecular formula is C16H20O2. The summed E-state index contributed by atoms with van der Waals surface area (Å²) in [6.07, 6.45) is 5.25. The second-order valence-electron chi connectivity index (χ2n) is 5.12. The van der Waals surface area contributed by atoms with Gasteiger partial charge in [0.05, 0.1) is 5.92 Å². The fourth-order valence-electron chi connectivity index (χ4n) is 2.56. The summed E-state index contributed by atoms with van der Waals surface area (Å²) in [5, 5.41) is 0. The van der Waals surface area contributed by atoms with Crippen LogP contribution in [0, 0.1) is 17.8 Å². The maximum atomic E-state index is 12.1. The molecule has 2 nitrogen and oxygen atoms in total. The van der Waals surface area contributed by atoms with Gasteiger partial charge in [0.25, 0.3) is 0 Å². The zero-order chi connectivity index (χ0) is 13.0. The van der Waals surface area contributed by atoms with Gasteiger partial charge in [-0.25, -0.2) is 0 Å². The van der Waals surface area contributed by atoms with Gasteiger partial charge in [-0.2, -0.15) is 0 Å². The summed E-state index contributed by atoms with van der Waals surface area (Å²) in [4.78, 5) is 12.1. The maximum Gasteiger partial charge on any atom is 0.310 e. The zero-order valence-electron chi connectivity index (χ0n) is 11.0. The predicted molar refractivity (Wildman–Crippen MR) is 71.8 cm³/mol. The highest BCUT2D eigenvalue weighted by molar-refractivity contribution is 5.73. The molecule has 0 saturated carbocycles. The number of benzene rings is 1. The number of ether oxygens (including phenoxy) is 1. The van der Waals surface area contributed by atoms with Gasteiger partial charge in [0, 0.05) is 0 Å². The Bertz CT molecular complexity index is 422. The number of allylic oxidation sites excluding steroid dienone is 2. The van der Waals surface area contributed by atoms with Gasteiger partial charge in [-0.05, 0) is 23.8 Å². The summed E-state index contributed by atoms with van der Waals surface area (Å²) in [6, 6.07) is 9.82. The minimum atomic E-state index is -0.0665. The van der Waals surface area contributed by atoms with Crippen LogP contribution in [0.15, 0.2) is 42.5 Å². The maximum absolute atomic E-state index is 12.1. The van der Waals surface area contributed by atoms with Crippen LogP contribution in [0.2, 0.25) is 0 Å². The van der Waals surface area contributed by atoms with Crippen molar-refractivity contribution in [3.8, 4) is 0 Å². The molecule has 1 aromatic rings. The van der Waals surface area contributed by atoms with Crippen LogP contribution < -0.4 is 0 Å². The van der Waals surface area contributed by atoms with Crippen molar-refractivity contribution in [3.63, 3.8) is 0 Å². The Morgan fingerprint density at radius 3 is 2.67 bits per heavy atom. The molecule has 0 saturated heterocycles. The molecule has 1 aromatic carbocycles. The van der Waals surface area contributed by atoms with Crippen LogP contribution >= 0.6 is 0 Å². The van der Waals surface area contributed by atoms with E-state index in [-0.39, 0.29) is 17.8 Å². The molecule has 18 heavy (non-hydrogen) atoms. The predicted octanol–water partition coefficient (Wildman–Crippen LogP) is 3.58. The van der Waals surface area contributed by atoms with Gasteiger partial charge in [-0.15, -0.1) is 0 Å². The van der Waals surface area contributed by atoms with E-state index in [4.69, 9.17) is 4.74 Å². The molecule has 0 unspecified atom stereocenters. The normalized spacial score (nSPS) is 26.9. The molecule has 3 atom stereocenters. The fourth-order valence-corrected chi connectivity index (χ4v) is 2.56. The van der Waals surface area contributed by atoms with Crippen molar-refractivity contribution in [2.75, 3.05) is 0 Å². The monoisotopic (exact) mass is 244 g/mol. The first-order chi connectivity index (χ1) is 8.68. The molecule has 0 spiro atoms. The molecular weight excluding hydrogens is 224 g/mol. The van der Waals surface area contributed by atoms with E-state index in [1.165, 1.54) is 0 Å². The molecule has 1 aliphatic carbocycles. The molecule has 2 heteroatoms. The van der Waals surface area contributed by atoms with Gasteiger partial charge in [-0.3, -0.25) is 4.79 Å². The molecule has 0 amide bonds. The van der Waals surface area contributed by atoms with Gasteiger partial charge in [0.15, 0.2) is 0 Å². The van der Waals surface area contributed by atoms with Crippen LogP contribution in [-0.4, -0.2) is 5.97 Å². The van der Waals surface area contributed by atoms with Crippen LogP contribution in [0.4, 0.5) is 0 Å². The number of carbonyl (C=O) groups is 1. The molecule has 0 fully saturated rings. The highest BCUT2D eigenvalue weighted by atomic mass is 16.5. The van der Waals surface area contributed by atoms with E-state index in [9.17, 15) is 4.79 Å². The van der Waals surface area contributed by atoms with E-state index in [1.807, 2.05) is 30.3 Å². The van der Waals surface area contributed by atoms with Crippen LogP contribution in [-0.2, 0) is 16.1 Å². The minimum absolute atomic E-state index is 0.00119. The summed E-state index contributed by atoms with van der Waals surface area (Å²) in [5.41, 5.74) is 1.04. The number of esters is 1. The third kappa shape index (κ3) is 3.00. The van der Waals surface area contributed by atoms with Crippen LogP contribution in [0.1, 0.15) is 25.8 Å².